The molecule has 0 fully saturated rings. The molecule has 2 atom stereocenters. The molecule has 1 aliphatic heterocycles. The van der Waals surface area contributed by atoms with Crippen molar-refractivity contribution in [1.82, 2.24) is 0 Å². The van der Waals surface area contributed by atoms with E-state index in [-0.39, 0.29) is 0 Å². The topological polar surface area (TPSA) is 117 Å². The summed E-state index contributed by atoms with van der Waals surface area (Å²) >= 11 is 0. The highest BCUT2D eigenvalue weighted by molar-refractivity contribution is 5.90. The predicted molar refractivity (Wildman–Crippen MR) is 125 cm³/mol. The normalized spacial score (nSPS) is 16.6. The van der Waals surface area contributed by atoms with Crippen LogP contribution < -0.4 is 4.90 Å². The van der Waals surface area contributed by atoms with Crippen molar-refractivity contribution in [3.63, 3.8) is 0 Å². The molecule has 1 aromatic rings. The van der Waals surface area contributed by atoms with Crippen molar-refractivity contribution in [3.8, 4) is 0 Å². The lowest BCUT2D eigenvalue weighted by Gasteiger charge is -2.25. The van der Waals surface area contributed by atoms with E-state index in [2.05, 4.69) is 23.5 Å². The van der Waals surface area contributed by atoms with Gasteiger partial charge in [-0.05, 0) is 37.1 Å². The zero-order chi connectivity index (χ0) is 24.2. The van der Waals surface area contributed by atoms with Gasteiger partial charge in [0, 0.05) is 18.8 Å². The second-order valence-electron chi connectivity index (χ2n) is 8.38. The van der Waals surface area contributed by atoms with E-state index in [1.165, 1.54) is 38.5 Å². The maximum absolute atomic E-state index is 12.4. The zero-order valence-corrected chi connectivity index (χ0v) is 19.7. The van der Waals surface area contributed by atoms with Gasteiger partial charge in [0.2, 0.25) is 5.76 Å². The molecule has 3 N–H and O–H groups in total. The van der Waals surface area contributed by atoms with Crippen LogP contribution >= 0.6 is 0 Å². The molecule has 0 saturated carbocycles. The molecule has 1 aromatic carbocycles. The van der Waals surface area contributed by atoms with Gasteiger partial charge in [0.1, 0.15) is 12.7 Å². The molecular formula is C25H37NO7. The Balaban J connectivity index is 1.91. The number of esters is 2. The molecule has 0 aliphatic carbocycles. The Kier molecular flexibility index (Phi) is 11.0. The quantitative estimate of drug-likeness (QED) is 0.258. The van der Waals surface area contributed by atoms with Gasteiger partial charge in [-0.2, -0.15) is 0 Å². The molecular weight excluding hydrogens is 426 g/mol. The number of anilines is 1. The fourth-order valence-electron chi connectivity index (χ4n) is 3.70. The van der Waals surface area contributed by atoms with Gasteiger partial charge in [-0.3, -0.25) is 0 Å². The van der Waals surface area contributed by atoms with Gasteiger partial charge >= 0.3 is 11.9 Å². The number of aliphatic hydroxyl groups is 3. The Morgan fingerprint density at radius 1 is 1.00 bits per heavy atom. The Labute approximate surface area is 195 Å². The summed E-state index contributed by atoms with van der Waals surface area (Å²) in [5, 5.41) is 29.0. The van der Waals surface area contributed by atoms with Crippen LogP contribution in [0.3, 0.4) is 0 Å². The summed E-state index contributed by atoms with van der Waals surface area (Å²) in [6, 6.07) is 7.18. The summed E-state index contributed by atoms with van der Waals surface area (Å²) < 4.78 is 9.76. The van der Waals surface area contributed by atoms with Crippen molar-refractivity contribution in [2.45, 2.75) is 77.4 Å². The van der Waals surface area contributed by atoms with Crippen LogP contribution in [0.1, 0.15) is 75.6 Å². The minimum atomic E-state index is -1.50. The molecule has 8 nitrogen and oxygen atoms in total. The molecule has 1 aliphatic rings. The number of cyclic esters (lactones) is 1. The van der Waals surface area contributed by atoms with E-state index in [0.29, 0.717) is 5.56 Å². The number of carbonyl (C=O) groups is 2. The summed E-state index contributed by atoms with van der Waals surface area (Å²) in [6.45, 7) is 5.85. The van der Waals surface area contributed by atoms with Crippen LogP contribution in [0.4, 0.5) is 5.69 Å². The zero-order valence-electron chi connectivity index (χ0n) is 19.7. The summed E-state index contributed by atoms with van der Waals surface area (Å²) in [5.74, 6) is -3.50. The smallest absolute Gasteiger partial charge is 0.377 e. The third kappa shape index (κ3) is 7.96. The molecule has 2 rings (SSSR count). The molecule has 0 aromatic heterocycles. The van der Waals surface area contributed by atoms with Crippen LogP contribution in [0.5, 0.6) is 0 Å². The second kappa shape index (κ2) is 13.7. The Morgan fingerprint density at radius 2 is 1.58 bits per heavy atom. The minimum absolute atomic E-state index is 0.328. The van der Waals surface area contributed by atoms with Crippen molar-refractivity contribution in [3.05, 3.63) is 41.3 Å². The summed E-state index contributed by atoms with van der Waals surface area (Å²) in [4.78, 5) is 26.0. The van der Waals surface area contributed by atoms with Gasteiger partial charge in [0.15, 0.2) is 11.9 Å². The fraction of sp³-hybridized carbons (Fsp3) is 0.600. The molecule has 1 heterocycles. The fourth-order valence-corrected chi connectivity index (χ4v) is 3.70. The van der Waals surface area contributed by atoms with Crippen LogP contribution in [0.15, 0.2) is 35.8 Å². The van der Waals surface area contributed by atoms with Crippen molar-refractivity contribution < 1.29 is 34.4 Å². The average Bonchev–Trinajstić information content (AvgIpc) is 3.08. The third-order valence-corrected chi connectivity index (χ3v) is 5.71. The maximum atomic E-state index is 12.4. The van der Waals surface area contributed by atoms with Gasteiger partial charge in [-0.1, -0.05) is 52.4 Å². The van der Waals surface area contributed by atoms with Crippen LogP contribution in [0.2, 0.25) is 0 Å². The van der Waals surface area contributed by atoms with Crippen LogP contribution in [-0.4, -0.2) is 59.2 Å². The van der Waals surface area contributed by atoms with Crippen molar-refractivity contribution in [2.75, 3.05) is 24.6 Å². The molecule has 0 spiro atoms. The van der Waals surface area contributed by atoms with Gasteiger partial charge in [-0.25, -0.2) is 9.59 Å². The number of hydrogen-bond acceptors (Lipinski definition) is 8. The lowest BCUT2D eigenvalue weighted by Crippen LogP contribution is -2.33. The average molecular weight is 464 g/mol. The summed E-state index contributed by atoms with van der Waals surface area (Å²) in [6.07, 6.45) is 6.56. The largest absolute Gasteiger partial charge is 0.505 e. The molecule has 33 heavy (non-hydrogen) atoms. The minimum Gasteiger partial charge on any atom is -0.505 e. The van der Waals surface area contributed by atoms with E-state index in [1.807, 2.05) is 12.1 Å². The van der Waals surface area contributed by atoms with Gasteiger partial charge in [-0.15, -0.1) is 0 Å². The first-order chi connectivity index (χ1) is 15.9. The highest BCUT2D eigenvalue weighted by atomic mass is 16.6. The van der Waals surface area contributed by atoms with E-state index < -0.39 is 42.3 Å². The molecule has 0 radical (unpaired) electrons. The van der Waals surface area contributed by atoms with E-state index >= 15 is 0 Å². The Hall–Kier alpha value is -2.74. The molecule has 0 bridgehead atoms. The first kappa shape index (κ1) is 26.5. The number of unbranched alkanes of at least 4 members (excludes halogenated alkanes) is 6. The number of rotatable bonds is 15. The number of aliphatic hydroxyl groups excluding tert-OH is 3. The number of hydrogen-bond donors (Lipinski definition) is 3. The molecule has 2 unspecified atom stereocenters. The highest BCUT2D eigenvalue weighted by Crippen LogP contribution is 2.22. The van der Waals surface area contributed by atoms with Gasteiger partial charge in [0.05, 0.1) is 5.56 Å². The predicted octanol–water partition coefficient (Wildman–Crippen LogP) is 4.42. The second-order valence-corrected chi connectivity index (χ2v) is 8.38. The van der Waals surface area contributed by atoms with Crippen molar-refractivity contribution in [2.24, 2.45) is 0 Å². The summed E-state index contributed by atoms with van der Waals surface area (Å²) in [5.41, 5.74) is 1.39. The monoisotopic (exact) mass is 463 g/mol. The molecule has 0 saturated heterocycles. The number of ether oxygens (including phenoxy) is 2. The van der Waals surface area contributed by atoms with Crippen LogP contribution in [-0.2, 0) is 14.3 Å². The lowest BCUT2D eigenvalue weighted by atomic mass is 10.1. The SMILES string of the molecule is CCCCCCN(CCCCCC)c1ccc(C(=O)OCC(O)C2OC(=O)C(O)=C2O)cc1. The van der Waals surface area contributed by atoms with Crippen molar-refractivity contribution >= 4 is 17.6 Å². The standard InChI is InChI=1S/C25H37NO7/c1-3-5-7-9-15-26(16-10-8-6-4-2)19-13-11-18(12-14-19)24(30)32-17-20(27)23-21(28)22(29)25(31)33-23/h11-14,20,23,27-29H,3-10,15-17H2,1-2H3. The van der Waals surface area contributed by atoms with E-state index in [4.69, 9.17) is 4.74 Å². The number of carbonyl (C=O) groups excluding carboxylic acids is 2. The Morgan fingerprint density at radius 3 is 2.06 bits per heavy atom. The highest BCUT2D eigenvalue weighted by Gasteiger charge is 2.39. The number of benzene rings is 1. The molecule has 0 amide bonds. The Bertz CT molecular complexity index is 778. The lowest BCUT2D eigenvalue weighted by molar-refractivity contribution is -0.147. The van der Waals surface area contributed by atoms with E-state index in [9.17, 15) is 24.9 Å². The van der Waals surface area contributed by atoms with Gasteiger partial charge in [0.25, 0.3) is 0 Å². The van der Waals surface area contributed by atoms with Crippen molar-refractivity contribution in [1.29, 1.82) is 0 Å². The molecule has 8 heteroatoms. The third-order valence-electron chi connectivity index (χ3n) is 5.71. The van der Waals surface area contributed by atoms with Crippen LogP contribution in [0, 0.1) is 0 Å². The maximum Gasteiger partial charge on any atom is 0.377 e. The van der Waals surface area contributed by atoms with Gasteiger partial charge < -0.3 is 29.7 Å². The van der Waals surface area contributed by atoms with E-state index in [1.54, 1.807) is 12.1 Å². The summed E-state index contributed by atoms with van der Waals surface area (Å²) in [7, 11) is 0. The first-order valence-corrected chi connectivity index (χ1v) is 11.9. The number of nitrogens with zero attached hydrogens (tertiary/aromatic N) is 1. The van der Waals surface area contributed by atoms with E-state index in [0.717, 1.165) is 31.6 Å². The van der Waals surface area contributed by atoms with Crippen LogP contribution in [0.25, 0.3) is 0 Å². The molecule has 184 valence electrons. The first-order valence-electron chi connectivity index (χ1n) is 11.9.